The SMILES string of the molecule is CC(C)CC(N)CNc1cnn(C)c1. The van der Waals surface area contributed by atoms with E-state index in [4.69, 9.17) is 5.73 Å². The molecule has 0 radical (unpaired) electrons. The molecule has 4 nitrogen and oxygen atoms in total. The third kappa shape index (κ3) is 3.79. The van der Waals surface area contributed by atoms with Gasteiger partial charge in [0.1, 0.15) is 0 Å². The first-order valence-electron chi connectivity index (χ1n) is 5.06. The van der Waals surface area contributed by atoms with E-state index in [0.717, 1.165) is 18.7 Å². The van der Waals surface area contributed by atoms with E-state index in [-0.39, 0.29) is 6.04 Å². The Balaban J connectivity index is 2.26. The van der Waals surface area contributed by atoms with Gasteiger partial charge in [0.2, 0.25) is 0 Å². The summed E-state index contributed by atoms with van der Waals surface area (Å²) < 4.78 is 1.77. The third-order valence-electron chi connectivity index (χ3n) is 2.05. The zero-order valence-corrected chi connectivity index (χ0v) is 9.20. The van der Waals surface area contributed by atoms with E-state index in [1.165, 1.54) is 0 Å². The standard InChI is InChI=1S/C10H20N4/c1-8(2)4-9(11)5-12-10-6-13-14(3)7-10/h6-9,12H,4-5,11H2,1-3H3. The summed E-state index contributed by atoms with van der Waals surface area (Å²) >= 11 is 0. The molecule has 0 bridgehead atoms. The minimum absolute atomic E-state index is 0.218. The van der Waals surface area contributed by atoms with Gasteiger partial charge in [-0.25, -0.2) is 0 Å². The molecule has 0 fully saturated rings. The van der Waals surface area contributed by atoms with Crippen molar-refractivity contribution in [3.63, 3.8) is 0 Å². The van der Waals surface area contributed by atoms with Crippen molar-refractivity contribution in [3.05, 3.63) is 12.4 Å². The number of nitrogens with two attached hydrogens (primary N) is 1. The van der Waals surface area contributed by atoms with Gasteiger partial charge in [-0.3, -0.25) is 4.68 Å². The predicted molar refractivity (Wildman–Crippen MR) is 59.1 cm³/mol. The number of nitrogens with one attached hydrogen (secondary N) is 1. The van der Waals surface area contributed by atoms with Crippen LogP contribution >= 0.6 is 0 Å². The van der Waals surface area contributed by atoms with Crippen molar-refractivity contribution in [2.75, 3.05) is 11.9 Å². The van der Waals surface area contributed by atoms with Crippen LogP contribution in [-0.4, -0.2) is 22.4 Å². The Hall–Kier alpha value is -1.03. The van der Waals surface area contributed by atoms with E-state index in [9.17, 15) is 0 Å². The van der Waals surface area contributed by atoms with Gasteiger partial charge in [0.15, 0.2) is 0 Å². The molecule has 1 aromatic heterocycles. The quantitative estimate of drug-likeness (QED) is 0.744. The number of hydrogen-bond acceptors (Lipinski definition) is 3. The van der Waals surface area contributed by atoms with Crippen LogP contribution in [0.15, 0.2) is 12.4 Å². The lowest BCUT2D eigenvalue weighted by molar-refractivity contribution is 0.508. The molecule has 0 saturated carbocycles. The van der Waals surface area contributed by atoms with Crippen LogP contribution in [0.2, 0.25) is 0 Å². The van der Waals surface area contributed by atoms with Gasteiger partial charge in [0.05, 0.1) is 11.9 Å². The van der Waals surface area contributed by atoms with Gasteiger partial charge in [-0.15, -0.1) is 0 Å². The lowest BCUT2D eigenvalue weighted by Gasteiger charge is -2.14. The molecule has 0 amide bonds. The molecular weight excluding hydrogens is 176 g/mol. The first-order chi connectivity index (χ1) is 6.58. The van der Waals surface area contributed by atoms with Crippen molar-refractivity contribution >= 4 is 5.69 Å². The summed E-state index contributed by atoms with van der Waals surface area (Å²) in [6.07, 6.45) is 4.80. The fourth-order valence-electron chi connectivity index (χ4n) is 1.45. The molecule has 1 heterocycles. The average Bonchev–Trinajstić information content (AvgIpc) is 2.47. The van der Waals surface area contributed by atoms with E-state index >= 15 is 0 Å². The van der Waals surface area contributed by atoms with Crippen LogP contribution in [0.1, 0.15) is 20.3 Å². The van der Waals surface area contributed by atoms with Crippen molar-refractivity contribution in [2.24, 2.45) is 18.7 Å². The molecule has 1 atom stereocenters. The molecule has 1 unspecified atom stereocenters. The van der Waals surface area contributed by atoms with E-state index < -0.39 is 0 Å². The minimum Gasteiger partial charge on any atom is -0.381 e. The minimum atomic E-state index is 0.218. The molecule has 0 aromatic carbocycles. The molecule has 14 heavy (non-hydrogen) atoms. The van der Waals surface area contributed by atoms with Crippen molar-refractivity contribution in [3.8, 4) is 0 Å². The van der Waals surface area contributed by atoms with Crippen LogP contribution in [0, 0.1) is 5.92 Å². The second kappa shape index (κ2) is 5.00. The highest BCUT2D eigenvalue weighted by molar-refractivity contribution is 5.38. The normalized spacial score (nSPS) is 13.2. The molecule has 3 N–H and O–H groups in total. The average molecular weight is 196 g/mol. The first-order valence-corrected chi connectivity index (χ1v) is 5.06. The zero-order chi connectivity index (χ0) is 10.6. The number of aromatic nitrogens is 2. The topological polar surface area (TPSA) is 55.9 Å². The second-order valence-corrected chi connectivity index (χ2v) is 4.17. The number of rotatable bonds is 5. The second-order valence-electron chi connectivity index (χ2n) is 4.17. The molecular formula is C10H20N4. The van der Waals surface area contributed by atoms with E-state index in [1.54, 1.807) is 4.68 Å². The van der Waals surface area contributed by atoms with Gasteiger partial charge in [0.25, 0.3) is 0 Å². The smallest absolute Gasteiger partial charge is 0.0726 e. The highest BCUT2D eigenvalue weighted by Crippen LogP contribution is 2.06. The first kappa shape index (κ1) is 11.0. The summed E-state index contributed by atoms with van der Waals surface area (Å²) in [4.78, 5) is 0. The van der Waals surface area contributed by atoms with Crippen molar-refractivity contribution in [2.45, 2.75) is 26.3 Å². The molecule has 0 aliphatic rings. The summed E-state index contributed by atoms with van der Waals surface area (Å²) in [6, 6.07) is 0.218. The molecule has 0 aliphatic heterocycles. The van der Waals surface area contributed by atoms with Gasteiger partial charge >= 0.3 is 0 Å². The maximum Gasteiger partial charge on any atom is 0.0726 e. The molecule has 80 valence electrons. The fourth-order valence-corrected chi connectivity index (χ4v) is 1.45. The molecule has 0 aliphatic carbocycles. The van der Waals surface area contributed by atoms with Gasteiger partial charge in [0, 0.05) is 25.8 Å². The number of anilines is 1. The Morgan fingerprint density at radius 3 is 2.79 bits per heavy atom. The summed E-state index contributed by atoms with van der Waals surface area (Å²) in [6.45, 7) is 5.18. The van der Waals surface area contributed by atoms with Crippen molar-refractivity contribution in [1.29, 1.82) is 0 Å². The van der Waals surface area contributed by atoms with Crippen LogP contribution in [0.3, 0.4) is 0 Å². The van der Waals surface area contributed by atoms with Gasteiger partial charge < -0.3 is 11.1 Å². The van der Waals surface area contributed by atoms with Gasteiger partial charge in [-0.05, 0) is 12.3 Å². The van der Waals surface area contributed by atoms with Gasteiger partial charge in [-0.2, -0.15) is 5.10 Å². The fraction of sp³-hybridized carbons (Fsp3) is 0.700. The van der Waals surface area contributed by atoms with Crippen LogP contribution in [0.4, 0.5) is 5.69 Å². The van der Waals surface area contributed by atoms with Crippen LogP contribution in [0.5, 0.6) is 0 Å². The highest BCUT2D eigenvalue weighted by atomic mass is 15.3. The number of hydrogen-bond donors (Lipinski definition) is 2. The van der Waals surface area contributed by atoms with Gasteiger partial charge in [-0.1, -0.05) is 13.8 Å². The van der Waals surface area contributed by atoms with Crippen LogP contribution in [-0.2, 0) is 7.05 Å². The largest absolute Gasteiger partial charge is 0.381 e. The highest BCUT2D eigenvalue weighted by Gasteiger charge is 2.05. The molecule has 4 heteroatoms. The van der Waals surface area contributed by atoms with Crippen molar-refractivity contribution < 1.29 is 0 Å². The Labute approximate surface area is 85.5 Å². The Morgan fingerprint density at radius 2 is 2.29 bits per heavy atom. The number of aryl methyl sites for hydroxylation is 1. The third-order valence-corrected chi connectivity index (χ3v) is 2.05. The Kier molecular flexibility index (Phi) is 3.95. The van der Waals surface area contributed by atoms with E-state index in [2.05, 4.69) is 24.3 Å². The van der Waals surface area contributed by atoms with Crippen molar-refractivity contribution in [1.82, 2.24) is 9.78 Å². The summed E-state index contributed by atoms with van der Waals surface area (Å²) in [5.41, 5.74) is 6.97. The van der Waals surface area contributed by atoms with Crippen LogP contribution in [0.25, 0.3) is 0 Å². The molecule has 0 spiro atoms. The lowest BCUT2D eigenvalue weighted by atomic mass is 10.0. The van der Waals surface area contributed by atoms with E-state index in [1.807, 2.05) is 19.4 Å². The Morgan fingerprint density at radius 1 is 1.57 bits per heavy atom. The molecule has 0 saturated heterocycles. The number of nitrogens with zero attached hydrogens (tertiary/aromatic N) is 2. The predicted octanol–water partition coefficient (Wildman–Crippen LogP) is 1.21. The molecule has 1 aromatic rings. The maximum absolute atomic E-state index is 5.94. The zero-order valence-electron chi connectivity index (χ0n) is 9.20. The monoisotopic (exact) mass is 196 g/mol. The molecule has 1 rings (SSSR count). The van der Waals surface area contributed by atoms with Crippen LogP contribution < -0.4 is 11.1 Å². The summed E-state index contributed by atoms with van der Waals surface area (Å²) in [5, 5.41) is 7.33. The van der Waals surface area contributed by atoms with E-state index in [0.29, 0.717) is 5.92 Å². The maximum atomic E-state index is 5.94. The summed E-state index contributed by atoms with van der Waals surface area (Å²) in [5.74, 6) is 0.653. The summed E-state index contributed by atoms with van der Waals surface area (Å²) in [7, 11) is 1.90. The lowest BCUT2D eigenvalue weighted by Crippen LogP contribution is -2.30. The Bertz CT molecular complexity index is 267.